The van der Waals surface area contributed by atoms with Gasteiger partial charge in [-0.2, -0.15) is 5.26 Å². The Balaban J connectivity index is 3.32. The van der Waals surface area contributed by atoms with E-state index in [0.717, 1.165) is 0 Å². The van der Waals surface area contributed by atoms with Crippen molar-refractivity contribution in [2.24, 2.45) is 0 Å². The molecule has 1 aromatic rings. The predicted octanol–water partition coefficient (Wildman–Crippen LogP) is 2.71. The smallest absolute Gasteiger partial charge is 0.267 e. The highest BCUT2D eigenvalue weighted by Crippen LogP contribution is 2.38. The van der Waals surface area contributed by atoms with Gasteiger partial charge in [-0.3, -0.25) is 0 Å². The van der Waals surface area contributed by atoms with Gasteiger partial charge in [0.05, 0.1) is 32.3 Å². The molecule has 0 amide bonds. The van der Waals surface area contributed by atoms with Crippen LogP contribution < -0.4 is 9.47 Å². The first kappa shape index (κ1) is 12.2. The van der Waals surface area contributed by atoms with Crippen LogP contribution in [0, 0.1) is 11.3 Å². The topological polar surface area (TPSA) is 42.2 Å². The van der Waals surface area contributed by atoms with Crippen LogP contribution in [-0.4, -0.2) is 14.2 Å². The maximum absolute atomic E-state index is 12.7. The second kappa shape index (κ2) is 5.31. The summed E-state index contributed by atoms with van der Waals surface area (Å²) in [5, 5.41) is 8.53. The van der Waals surface area contributed by atoms with E-state index >= 15 is 0 Å². The van der Waals surface area contributed by atoms with Crippen LogP contribution in [0.5, 0.6) is 11.5 Å². The van der Waals surface area contributed by atoms with Crippen LogP contribution in [0.1, 0.15) is 17.6 Å². The van der Waals surface area contributed by atoms with Crippen LogP contribution in [0.3, 0.4) is 0 Å². The largest absolute Gasteiger partial charge is 0.493 e. The van der Waals surface area contributed by atoms with Crippen LogP contribution in [0.25, 0.3) is 0 Å². The molecule has 0 radical (unpaired) electrons. The molecule has 3 nitrogen and oxygen atoms in total. The Kier molecular flexibility index (Phi) is 4.06. The fourth-order valence-corrected chi connectivity index (χ4v) is 1.41. The lowest BCUT2D eigenvalue weighted by Crippen LogP contribution is -1.98. The van der Waals surface area contributed by atoms with E-state index in [1.165, 1.54) is 26.4 Å². The first-order chi connectivity index (χ1) is 7.63. The highest BCUT2D eigenvalue weighted by Gasteiger charge is 2.19. The molecular formula is C11H11F2NO2. The number of rotatable bonds is 4. The molecule has 0 bridgehead atoms. The standard InChI is InChI=1S/C11H11F2NO2/c1-15-9-6-7(3-4-14)5-8(11(12)13)10(9)16-2/h5-6,11H,3H2,1-2H3. The first-order valence-corrected chi connectivity index (χ1v) is 4.54. The zero-order valence-electron chi connectivity index (χ0n) is 8.96. The zero-order valence-corrected chi connectivity index (χ0v) is 8.96. The van der Waals surface area contributed by atoms with Crippen LogP contribution >= 0.6 is 0 Å². The molecule has 0 saturated heterocycles. The van der Waals surface area contributed by atoms with Crippen molar-refractivity contribution in [3.8, 4) is 17.6 Å². The van der Waals surface area contributed by atoms with Gasteiger partial charge < -0.3 is 9.47 Å². The summed E-state index contributed by atoms with van der Waals surface area (Å²) in [6.45, 7) is 0. The monoisotopic (exact) mass is 227 g/mol. The number of halogens is 2. The lowest BCUT2D eigenvalue weighted by Gasteiger charge is -2.13. The van der Waals surface area contributed by atoms with Crippen LogP contribution in [-0.2, 0) is 6.42 Å². The Morgan fingerprint density at radius 1 is 1.31 bits per heavy atom. The van der Waals surface area contributed by atoms with Gasteiger partial charge in [-0.1, -0.05) is 0 Å². The van der Waals surface area contributed by atoms with Crippen LogP contribution in [0.15, 0.2) is 12.1 Å². The van der Waals surface area contributed by atoms with E-state index in [9.17, 15) is 8.78 Å². The number of nitriles is 1. The van der Waals surface area contributed by atoms with Gasteiger partial charge in [0.1, 0.15) is 0 Å². The summed E-state index contributed by atoms with van der Waals surface area (Å²) in [7, 11) is 2.66. The van der Waals surface area contributed by atoms with Crippen molar-refractivity contribution in [2.75, 3.05) is 14.2 Å². The molecule has 0 aliphatic rings. The molecule has 0 fully saturated rings. The second-order valence-corrected chi connectivity index (χ2v) is 3.06. The van der Waals surface area contributed by atoms with Crippen LogP contribution in [0.4, 0.5) is 8.78 Å². The molecule has 0 aromatic heterocycles. The van der Waals surface area contributed by atoms with E-state index in [-0.39, 0.29) is 23.5 Å². The number of hydrogen-bond acceptors (Lipinski definition) is 3. The molecule has 86 valence electrons. The fourth-order valence-electron chi connectivity index (χ4n) is 1.41. The molecule has 16 heavy (non-hydrogen) atoms. The summed E-state index contributed by atoms with van der Waals surface area (Å²) in [5.41, 5.74) is 0.225. The van der Waals surface area contributed by atoms with Gasteiger partial charge in [0, 0.05) is 0 Å². The molecular weight excluding hydrogens is 216 g/mol. The highest BCUT2D eigenvalue weighted by molar-refractivity contribution is 5.50. The lowest BCUT2D eigenvalue weighted by atomic mass is 10.1. The Hall–Kier alpha value is -1.83. The van der Waals surface area contributed by atoms with Gasteiger partial charge in [-0.15, -0.1) is 0 Å². The number of hydrogen-bond donors (Lipinski definition) is 0. The average molecular weight is 227 g/mol. The number of ether oxygens (including phenoxy) is 2. The van der Waals surface area contributed by atoms with Crippen molar-refractivity contribution >= 4 is 0 Å². The number of benzene rings is 1. The third-order valence-corrected chi connectivity index (χ3v) is 2.09. The van der Waals surface area contributed by atoms with E-state index in [4.69, 9.17) is 14.7 Å². The van der Waals surface area contributed by atoms with Gasteiger partial charge >= 0.3 is 0 Å². The van der Waals surface area contributed by atoms with Gasteiger partial charge in [-0.25, -0.2) is 8.78 Å². The van der Waals surface area contributed by atoms with Crippen molar-refractivity contribution in [1.29, 1.82) is 5.26 Å². The number of nitrogens with zero attached hydrogens (tertiary/aromatic N) is 1. The SMILES string of the molecule is COc1cc(CC#N)cc(C(F)F)c1OC. The minimum absolute atomic E-state index is 0.0131. The van der Waals surface area contributed by atoms with E-state index in [2.05, 4.69) is 0 Å². The fraction of sp³-hybridized carbons (Fsp3) is 0.364. The minimum Gasteiger partial charge on any atom is -0.493 e. The normalized spacial score (nSPS) is 10.0. The molecule has 5 heteroatoms. The van der Waals surface area contributed by atoms with Crippen molar-refractivity contribution in [3.05, 3.63) is 23.3 Å². The number of methoxy groups -OCH3 is 2. The molecule has 0 atom stereocenters. The molecule has 0 aliphatic heterocycles. The third-order valence-electron chi connectivity index (χ3n) is 2.09. The maximum atomic E-state index is 12.7. The molecule has 0 aliphatic carbocycles. The summed E-state index contributed by atoms with van der Waals surface area (Å²) < 4.78 is 35.3. The molecule has 1 rings (SSSR count). The summed E-state index contributed by atoms with van der Waals surface area (Å²) in [6.07, 6.45) is -2.61. The summed E-state index contributed by atoms with van der Waals surface area (Å²) in [6, 6.07) is 4.68. The molecule has 0 N–H and O–H groups in total. The molecule has 1 aromatic carbocycles. The van der Waals surface area contributed by atoms with Gasteiger partial charge in [-0.05, 0) is 17.7 Å². The predicted molar refractivity (Wildman–Crippen MR) is 53.8 cm³/mol. The average Bonchev–Trinajstić information content (AvgIpc) is 2.28. The van der Waals surface area contributed by atoms with Gasteiger partial charge in [0.15, 0.2) is 11.5 Å². The van der Waals surface area contributed by atoms with Gasteiger partial charge in [0.2, 0.25) is 0 Å². The Labute approximate surface area is 92.2 Å². The minimum atomic E-state index is -2.66. The Bertz CT molecular complexity index is 413. The number of alkyl halides is 2. The molecule has 0 spiro atoms. The molecule has 0 heterocycles. The summed E-state index contributed by atoms with van der Waals surface area (Å²) >= 11 is 0. The zero-order chi connectivity index (χ0) is 12.1. The Morgan fingerprint density at radius 3 is 2.44 bits per heavy atom. The van der Waals surface area contributed by atoms with E-state index in [1.807, 2.05) is 6.07 Å². The third kappa shape index (κ3) is 2.40. The summed E-state index contributed by atoms with van der Waals surface area (Å²) in [5.74, 6) is 0.227. The van der Waals surface area contributed by atoms with Crippen molar-refractivity contribution in [2.45, 2.75) is 12.8 Å². The quantitative estimate of drug-likeness (QED) is 0.794. The highest BCUT2D eigenvalue weighted by atomic mass is 19.3. The van der Waals surface area contributed by atoms with Gasteiger partial charge in [0.25, 0.3) is 6.43 Å². The molecule has 0 saturated carbocycles. The first-order valence-electron chi connectivity index (χ1n) is 4.54. The maximum Gasteiger partial charge on any atom is 0.267 e. The van der Waals surface area contributed by atoms with E-state index in [1.54, 1.807) is 0 Å². The lowest BCUT2D eigenvalue weighted by molar-refractivity contribution is 0.146. The van der Waals surface area contributed by atoms with Crippen molar-refractivity contribution < 1.29 is 18.3 Å². The van der Waals surface area contributed by atoms with Crippen molar-refractivity contribution in [3.63, 3.8) is 0 Å². The van der Waals surface area contributed by atoms with E-state index < -0.39 is 6.43 Å². The van der Waals surface area contributed by atoms with Crippen LogP contribution in [0.2, 0.25) is 0 Å². The Morgan fingerprint density at radius 2 is 2.00 bits per heavy atom. The van der Waals surface area contributed by atoms with E-state index in [0.29, 0.717) is 5.56 Å². The molecule has 0 unspecified atom stereocenters. The second-order valence-electron chi connectivity index (χ2n) is 3.06. The van der Waals surface area contributed by atoms with Crippen molar-refractivity contribution in [1.82, 2.24) is 0 Å². The summed E-state index contributed by atoms with van der Waals surface area (Å²) in [4.78, 5) is 0.